The van der Waals surface area contributed by atoms with Crippen LogP contribution in [0.2, 0.25) is 0 Å². The minimum Gasteiger partial charge on any atom is -0.282 e. The average molecular weight is 456 g/mol. The fourth-order valence-electron chi connectivity index (χ4n) is 2.56. The minimum absolute atomic E-state index is 0. The first kappa shape index (κ1) is 22.6. The van der Waals surface area contributed by atoms with Crippen LogP contribution in [0.3, 0.4) is 0 Å². The highest BCUT2D eigenvalue weighted by Crippen LogP contribution is 2.33. The second kappa shape index (κ2) is 8.78. The third-order valence-corrected chi connectivity index (χ3v) is 7.98. The molecule has 0 amide bonds. The van der Waals surface area contributed by atoms with Crippen molar-refractivity contribution in [3.8, 4) is 0 Å². The quantitative estimate of drug-likeness (QED) is 0.449. The Morgan fingerprint density at radius 3 is 1.18 bits per heavy atom. The molecular weight excluding hydrogens is 438 g/mol. The van der Waals surface area contributed by atoms with E-state index in [-0.39, 0.29) is 19.7 Å². The van der Waals surface area contributed by atoms with Crippen LogP contribution in [-0.4, -0.2) is 25.9 Å². The highest BCUT2D eigenvalue weighted by atomic mass is 32.2. The zero-order valence-electron chi connectivity index (χ0n) is 14.5. The van der Waals surface area contributed by atoms with E-state index in [1.807, 2.05) is 30.3 Å². The van der Waals surface area contributed by atoms with Gasteiger partial charge in [-0.1, -0.05) is 54.6 Å². The molecule has 0 bridgehead atoms. The van der Waals surface area contributed by atoms with Crippen molar-refractivity contribution in [2.75, 3.05) is 0 Å². The topological polar surface area (TPSA) is 109 Å². The number of hydrogen-bond acceptors (Lipinski definition) is 4. The molecule has 0 spiro atoms. The molecular formula is C18H18O6P2S2. The van der Waals surface area contributed by atoms with Gasteiger partial charge < -0.3 is 0 Å². The maximum Gasteiger partial charge on any atom is 0.294 e. The molecule has 0 fully saturated rings. The molecule has 1 atom stereocenters. The van der Waals surface area contributed by atoms with Crippen LogP contribution in [-0.2, 0) is 20.2 Å². The summed E-state index contributed by atoms with van der Waals surface area (Å²) in [5, 5.41) is 2.62. The maximum atomic E-state index is 11.3. The Kier molecular flexibility index (Phi) is 7.10. The Bertz CT molecular complexity index is 1070. The van der Waals surface area contributed by atoms with Gasteiger partial charge in [0.2, 0.25) is 0 Å². The lowest BCUT2D eigenvalue weighted by atomic mass is 10.3. The van der Waals surface area contributed by atoms with E-state index in [0.29, 0.717) is 0 Å². The third-order valence-electron chi connectivity index (χ3n) is 3.80. The standard InChI is InChI=1S/C18H15O6PS2.H3P/c19-26(20,21)17-10-6-15(7-11-17)25(14-4-2-1-3-5-14)16-8-12-18(13-9-16)27(22,23)24;/h1-13H,(H,19,20,21)(H,22,23,24);1H3. The lowest BCUT2D eigenvalue weighted by molar-refractivity contribution is 0.481. The van der Waals surface area contributed by atoms with Crippen LogP contribution in [0.4, 0.5) is 0 Å². The summed E-state index contributed by atoms with van der Waals surface area (Å²) in [5.41, 5.74) is 0. The molecule has 0 saturated carbocycles. The molecule has 10 heteroatoms. The van der Waals surface area contributed by atoms with Crippen molar-refractivity contribution in [3.63, 3.8) is 0 Å². The summed E-state index contributed by atoms with van der Waals surface area (Å²) in [4.78, 5) is -0.396. The molecule has 0 radical (unpaired) electrons. The molecule has 0 aliphatic heterocycles. The van der Waals surface area contributed by atoms with Crippen LogP contribution in [0.25, 0.3) is 0 Å². The number of rotatable bonds is 5. The summed E-state index contributed by atoms with van der Waals surface area (Å²) >= 11 is 0. The molecule has 0 heterocycles. The van der Waals surface area contributed by atoms with Gasteiger partial charge in [-0.2, -0.15) is 26.7 Å². The van der Waals surface area contributed by atoms with Crippen LogP contribution in [0, 0.1) is 0 Å². The third kappa shape index (κ3) is 5.23. The minimum atomic E-state index is -4.28. The summed E-state index contributed by atoms with van der Waals surface area (Å²) in [7, 11) is -9.66. The zero-order chi connectivity index (χ0) is 19.7. The molecule has 3 aromatic carbocycles. The highest BCUT2D eigenvalue weighted by molar-refractivity contribution is 7.86. The Balaban J connectivity index is 0.00000280. The summed E-state index contributed by atoms with van der Waals surface area (Å²) in [6.45, 7) is 0. The van der Waals surface area contributed by atoms with Gasteiger partial charge in [0.1, 0.15) is 0 Å². The predicted octanol–water partition coefficient (Wildman–Crippen LogP) is 2.00. The zero-order valence-corrected chi connectivity index (χ0v) is 18.4. The molecule has 6 nitrogen and oxygen atoms in total. The fraction of sp³-hybridized carbons (Fsp3) is 0. The molecule has 0 aliphatic rings. The van der Waals surface area contributed by atoms with E-state index in [4.69, 9.17) is 9.11 Å². The molecule has 148 valence electrons. The average Bonchev–Trinajstić information content (AvgIpc) is 2.62. The van der Waals surface area contributed by atoms with E-state index in [0.717, 1.165) is 15.9 Å². The van der Waals surface area contributed by atoms with Gasteiger partial charge in [0, 0.05) is 0 Å². The van der Waals surface area contributed by atoms with Gasteiger partial charge in [0.15, 0.2) is 0 Å². The summed E-state index contributed by atoms with van der Waals surface area (Å²) in [6.07, 6.45) is 0. The number of benzene rings is 3. The molecule has 0 saturated heterocycles. The van der Waals surface area contributed by atoms with E-state index >= 15 is 0 Å². The first-order valence-corrected chi connectivity index (χ1v) is 11.9. The predicted molar refractivity (Wildman–Crippen MR) is 116 cm³/mol. The van der Waals surface area contributed by atoms with Crippen molar-refractivity contribution >= 4 is 54.0 Å². The van der Waals surface area contributed by atoms with E-state index in [2.05, 4.69) is 0 Å². The van der Waals surface area contributed by atoms with Crippen LogP contribution in [0.15, 0.2) is 88.7 Å². The van der Waals surface area contributed by atoms with Gasteiger partial charge in [0.25, 0.3) is 20.2 Å². The smallest absolute Gasteiger partial charge is 0.282 e. The van der Waals surface area contributed by atoms with Crippen molar-refractivity contribution in [3.05, 3.63) is 78.9 Å². The lowest BCUT2D eigenvalue weighted by Gasteiger charge is -2.19. The molecule has 0 aromatic heterocycles. The Labute approximate surface area is 168 Å². The van der Waals surface area contributed by atoms with Crippen LogP contribution < -0.4 is 15.9 Å². The Hall–Kier alpha value is -1.66. The second-order valence-corrected chi connectivity index (χ2v) is 10.7. The molecule has 2 N–H and O–H groups in total. The maximum absolute atomic E-state index is 11.3. The molecule has 1 unspecified atom stereocenters. The van der Waals surface area contributed by atoms with Gasteiger partial charge in [0.05, 0.1) is 9.79 Å². The van der Waals surface area contributed by atoms with Crippen molar-refractivity contribution < 1.29 is 25.9 Å². The van der Waals surface area contributed by atoms with Crippen LogP contribution >= 0.6 is 17.8 Å². The summed E-state index contributed by atoms with van der Waals surface area (Å²) in [6, 6.07) is 21.3. The van der Waals surface area contributed by atoms with Gasteiger partial charge in [-0.15, -0.1) is 0 Å². The summed E-state index contributed by atoms with van der Waals surface area (Å²) < 4.78 is 63.4. The normalized spacial score (nSPS) is 11.8. The molecule has 3 aromatic rings. The Morgan fingerprint density at radius 1 is 0.536 bits per heavy atom. The van der Waals surface area contributed by atoms with Crippen molar-refractivity contribution in [1.29, 1.82) is 0 Å². The number of hydrogen-bond donors (Lipinski definition) is 2. The van der Waals surface area contributed by atoms with Gasteiger partial charge in [-0.25, -0.2) is 0 Å². The van der Waals surface area contributed by atoms with E-state index in [1.54, 1.807) is 24.3 Å². The van der Waals surface area contributed by atoms with E-state index < -0.39 is 28.2 Å². The largest absolute Gasteiger partial charge is 0.294 e. The first-order chi connectivity index (χ1) is 12.7. The molecule has 28 heavy (non-hydrogen) atoms. The highest BCUT2D eigenvalue weighted by Gasteiger charge is 2.19. The van der Waals surface area contributed by atoms with E-state index in [9.17, 15) is 16.8 Å². The lowest BCUT2D eigenvalue weighted by Crippen LogP contribution is -2.21. The molecule has 3 rings (SSSR count). The second-order valence-electron chi connectivity index (χ2n) is 5.61. The first-order valence-electron chi connectivity index (χ1n) is 7.66. The van der Waals surface area contributed by atoms with Gasteiger partial charge in [-0.05, 0) is 48.1 Å². The van der Waals surface area contributed by atoms with Gasteiger partial charge in [-0.3, -0.25) is 9.11 Å². The SMILES string of the molecule is O=S(=O)(O)c1ccc(P(c2ccccc2)c2ccc(S(=O)(=O)O)cc2)cc1.P. The Morgan fingerprint density at radius 2 is 0.857 bits per heavy atom. The van der Waals surface area contributed by atoms with Crippen molar-refractivity contribution in [1.82, 2.24) is 0 Å². The van der Waals surface area contributed by atoms with Crippen LogP contribution in [0.1, 0.15) is 0 Å². The van der Waals surface area contributed by atoms with Crippen molar-refractivity contribution in [2.45, 2.75) is 9.79 Å². The summed E-state index contributed by atoms with van der Waals surface area (Å²) in [5.74, 6) is 0. The van der Waals surface area contributed by atoms with Gasteiger partial charge >= 0.3 is 0 Å². The van der Waals surface area contributed by atoms with Crippen LogP contribution in [0.5, 0.6) is 0 Å². The fourth-order valence-corrected chi connectivity index (χ4v) is 5.78. The molecule has 0 aliphatic carbocycles. The monoisotopic (exact) mass is 456 g/mol. The van der Waals surface area contributed by atoms with E-state index in [1.165, 1.54) is 24.3 Å². The van der Waals surface area contributed by atoms with Crippen molar-refractivity contribution in [2.24, 2.45) is 0 Å².